The number of amides is 1. The first-order valence-corrected chi connectivity index (χ1v) is 8.95. The highest BCUT2D eigenvalue weighted by Crippen LogP contribution is 2.22. The number of guanidine groups is 1. The smallest absolute Gasteiger partial charge is 0.242 e. The Kier molecular flexibility index (Phi) is 10.8. The Hall–Kier alpha value is -1.32. The minimum atomic E-state index is -0.0769. The molecular formula is C18H34IN5O2. The lowest BCUT2D eigenvalue weighted by Gasteiger charge is -2.25. The second kappa shape index (κ2) is 11.4. The Morgan fingerprint density at radius 3 is 2.35 bits per heavy atom. The molecule has 0 aliphatic heterocycles. The average Bonchev–Trinajstić information content (AvgIpc) is 3.01. The number of aliphatic imine (C=N–C) groups is 1. The number of rotatable bonds is 7. The van der Waals surface area contributed by atoms with Crippen LogP contribution < -0.4 is 5.32 Å². The van der Waals surface area contributed by atoms with Crippen molar-refractivity contribution in [3.05, 3.63) is 17.8 Å². The van der Waals surface area contributed by atoms with Gasteiger partial charge in [-0.2, -0.15) is 0 Å². The van der Waals surface area contributed by atoms with Crippen molar-refractivity contribution >= 4 is 35.8 Å². The fourth-order valence-corrected chi connectivity index (χ4v) is 2.30. The van der Waals surface area contributed by atoms with Gasteiger partial charge in [0.15, 0.2) is 5.96 Å². The van der Waals surface area contributed by atoms with Gasteiger partial charge in [0.25, 0.3) is 0 Å². The summed E-state index contributed by atoms with van der Waals surface area (Å²) in [7, 11) is 1.86. The van der Waals surface area contributed by atoms with Crippen LogP contribution in [0.4, 0.5) is 0 Å². The zero-order chi connectivity index (χ0) is 19.0. The summed E-state index contributed by atoms with van der Waals surface area (Å²) in [4.78, 5) is 24.8. The monoisotopic (exact) mass is 479 g/mol. The minimum Gasteiger partial charge on any atom is -0.443 e. The van der Waals surface area contributed by atoms with Gasteiger partial charge in [0.1, 0.15) is 12.3 Å². The van der Waals surface area contributed by atoms with E-state index in [9.17, 15) is 4.79 Å². The zero-order valence-electron chi connectivity index (χ0n) is 17.1. The molecule has 0 bridgehead atoms. The standard InChI is InChI=1S/C18H33N5O2.HI/c1-8-19-17(22(7)13-16(24)23(9-2)10-3)21-12-15-20-11-14(25-15)18(4,5)6;/h11H,8-10,12-13H2,1-7H3,(H,19,21);1H. The molecule has 1 rings (SSSR count). The van der Waals surface area contributed by atoms with Gasteiger partial charge in [-0.05, 0) is 20.8 Å². The zero-order valence-corrected chi connectivity index (χ0v) is 19.5. The number of nitrogens with zero attached hydrogens (tertiary/aromatic N) is 4. The van der Waals surface area contributed by atoms with Crippen molar-refractivity contribution in [3.63, 3.8) is 0 Å². The number of halogens is 1. The molecule has 0 saturated heterocycles. The van der Waals surface area contributed by atoms with E-state index in [0.29, 0.717) is 31.5 Å². The maximum atomic E-state index is 12.3. The van der Waals surface area contributed by atoms with Crippen molar-refractivity contribution < 1.29 is 9.21 Å². The van der Waals surface area contributed by atoms with E-state index < -0.39 is 0 Å². The SMILES string of the molecule is CCNC(=NCc1ncc(C(C)(C)C)o1)N(C)CC(=O)N(CC)CC.I. The van der Waals surface area contributed by atoms with E-state index in [0.717, 1.165) is 12.3 Å². The molecule has 8 heteroatoms. The molecule has 1 aromatic heterocycles. The second-order valence-corrected chi connectivity index (χ2v) is 6.96. The summed E-state index contributed by atoms with van der Waals surface area (Å²) < 4.78 is 5.77. The van der Waals surface area contributed by atoms with Crippen molar-refractivity contribution in [2.45, 2.75) is 53.5 Å². The Labute approximate surface area is 174 Å². The molecule has 0 radical (unpaired) electrons. The molecule has 1 amide bonds. The van der Waals surface area contributed by atoms with Crippen LogP contribution in [-0.2, 0) is 16.8 Å². The average molecular weight is 479 g/mol. The number of aromatic nitrogens is 1. The number of hydrogen-bond donors (Lipinski definition) is 1. The maximum absolute atomic E-state index is 12.3. The molecule has 0 atom stereocenters. The molecule has 0 fully saturated rings. The summed E-state index contributed by atoms with van der Waals surface area (Å²) in [6, 6.07) is 0. The molecule has 1 N–H and O–H groups in total. The van der Waals surface area contributed by atoms with Crippen LogP contribution in [0, 0.1) is 0 Å². The van der Waals surface area contributed by atoms with Crippen LogP contribution in [0.15, 0.2) is 15.6 Å². The van der Waals surface area contributed by atoms with E-state index in [-0.39, 0.29) is 41.8 Å². The first-order chi connectivity index (χ1) is 11.7. The summed E-state index contributed by atoms with van der Waals surface area (Å²) in [5.74, 6) is 2.17. The molecule has 0 spiro atoms. The molecule has 0 aliphatic rings. The fourth-order valence-electron chi connectivity index (χ4n) is 2.30. The normalized spacial score (nSPS) is 11.7. The van der Waals surface area contributed by atoms with Gasteiger partial charge in [-0.15, -0.1) is 24.0 Å². The Balaban J connectivity index is 0.00000625. The van der Waals surface area contributed by atoms with Crippen LogP contribution in [0.3, 0.4) is 0 Å². The molecule has 0 unspecified atom stereocenters. The second-order valence-electron chi connectivity index (χ2n) is 6.96. The maximum Gasteiger partial charge on any atom is 0.242 e. The summed E-state index contributed by atoms with van der Waals surface area (Å²) >= 11 is 0. The molecule has 26 heavy (non-hydrogen) atoms. The van der Waals surface area contributed by atoms with Crippen LogP contribution in [0.25, 0.3) is 0 Å². The highest BCUT2D eigenvalue weighted by molar-refractivity contribution is 14.0. The summed E-state index contributed by atoms with van der Waals surface area (Å²) in [5, 5.41) is 3.21. The number of likely N-dealkylation sites (N-methyl/N-ethyl adjacent to an activating group) is 2. The van der Waals surface area contributed by atoms with Gasteiger partial charge >= 0.3 is 0 Å². The van der Waals surface area contributed by atoms with Gasteiger partial charge in [-0.25, -0.2) is 9.98 Å². The number of oxazole rings is 1. The third-order valence-electron chi connectivity index (χ3n) is 3.84. The van der Waals surface area contributed by atoms with E-state index in [1.807, 2.05) is 37.6 Å². The molecule has 0 aliphatic carbocycles. The van der Waals surface area contributed by atoms with Gasteiger partial charge in [0.05, 0.1) is 12.7 Å². The molecular weight excluding hydrogens is 445 g/mol. The largest absolute Gasteiger partial charge is 0.443 e. The van der Waals surface area contributed by atoms with Crippen LogP contribution in [0.5, 0.6) is 0 Å². The van der Waals surface area contributed by atoms with Gasteiger partial charge in [-0.3, -0.25) is 4.79 Å². The Morgan fingerprint density at radius 2 is 1.88 bits per heavy atom. The lowest BCUT2D eigenvalue weighted by atomic mass is 9.94. The predicted molar refractivity (Wildman–Crippen MR) is 116 cm³/mol. The first-order valence-electron chi connectivity index (χ1n) is 8.95. The third-order valence-corrected chi connectivity index (χ3v) is 3.84. The van der Waals surface area contributed by atoms with Crippen molar-refractivity contribution in [3.8, 4) is 0 Å². The van der Waals surface area contributed by atoms with Crippen molar-refractivity contribution in [2.24, 2.45) is 4.99 Å². The van der Waals surface area contributed by atoms with Crippen molar-refractivity contribution in [2.75, 3.05) is 33.2 Å². The van der Waals surface area contributed by atoms with Gasteiger partial charge in [-0.1, -0.05) is 20.8 Å². The van der Waals surface area contributed by atoms with Gasteiger partial charge in [0, 0.05) is 32.1 Å². The molecule has 7 nitrogen and oxygen atoms in total. The lowest BCUT2D eigenvalue weighted by Crippen LogP contribution is -2.45. The summed E-state index contributed by atoms with van der Waals surface area (Å²) in [6.45, 7) is 15.0. The molecule has 1 heterocycles. The van der Waals surface area contributed by atoms with Crippen LogP contribution >= 0.6 is 24.0 Å². The summed E-state index contributed by atoms with van der Waals surface area (Å²) in [5.41, 5.74) is -0.0769. The fraction of sp³-hybridized carbons (Fsp3) is 0.722. The van der Waals surface area contributed by atoms with Crippen molar-refractivity contribution in [1.82, 2.24) is 20.1 Å². The molecule has 1 aromatic rings. The Morgan fingerprint density at radius 1 is 1.27 bits per heavy atom. The number of carbonyl (C=O) groups excluding carboxylic acids is 1. The third kappa shape index (κ3) is 7.51. The molecule has 0 saturated carbocycles. The van der Waals surface area contributed by atoms with E-state index in [4.69, 9.17) is 4.42 Å². The number of hydrogen-bond acceptors (Lipinski definition) is 4. The Bertz CT molecular complexity index is 576. The molecule has 150 valence electrons. The van der Waals surface area contributed by atoms with E-state index in [1.54, 1.807) is 6.20 Å². The minimum absolute atomic E-state index is 0. The number of nitrogens with one attached hydrogen (secondary N) is 1. The molecule has 0 aromatic carbocycles. The van der Waals surface area contributed by atoms with Gasteiger partial charge in [0.2, 0.25) is 11.8 Å². The van der Waals surface area contributed by atoms with E-state index in [2.05, 4.69) is 36.1 Å². The topological polar surface area (TPSA) is 74.0 Å². The first kappa shape index (κ1) is 24.7. The quantitative estimate of drug-likeness (QED) is 0.370. The van der Waals surface area contributed by atoms with E-state index >= 15 is 0 Å². The highest BCUT2D eigenvalue weighted by Gasteiger charge is 2.19. The van der Waals surface area contributed by atoms with Crippen molar-refractivity contribution in [1.29, 1.82) is 0 Å². The highest BCUT2D eigenvalue weighted by atomic mass is 127. The lowest BCUT2D eigenvalue weighted by molar-refractivity contribution is -0.131. The van der Waals surface area contributed by atoms with Crippen LogP contribution in [-0.4, -0.2) is 59.9 Å². The van der Waals surface area contributed by atoms with E-state index in [1.165, 1.54) is 0 Å². The van der Waals surface area contributed by atoms with Crippen LogP contribution in [0.2, 0.25) is 0 Å². The van der Waals surface area contributed by atoms with Crippen LogP contribution in [0.1, 0.15) is 53.2 Å². The van der Waals surface area contributed by atoms with Gasteiger partial charge < -0.3 is 19.5 Å². The summed E-state index contributed by atoms with van der Waals surface area (Å²) in [6.07, 6.45) is 1.76. The predicted octanol–water partition coefficient (Wildman–Crippen LogP) is 2.86. The number of carbonyl (C=O) groups is 1.